The van der Waals surface area contributed by atoms with Gasteiger partial charge in [0.1, 0.15) is 0 Å². The minimum atomic E-state index is -0.404. The van der Waals surface area contributed by atoms with Crippen LogP contribution in [0, 0.1) is 28.6 Å². The van der Waals surface area contributed by atoms with Crippen molar-refractivity contribution in [1.29, 1.82) is 0 Å². The summed E-state index contributed by atoms with van der Waals surface area (Å²) in [6.45, 7) is 9.38. The number of hydrogen-bond acceptors (Lipinski definition) is 1. The molecule has 1 heteroatoms. The fraction of sp³-hybridized carbons (Fsp3) is 1.00. The molecule has 1 N–H and O–H groups in total. The van der Waals surface area contributed by atoms with Crippen LogP contribution >= 0.6 is 0 Å². The highest BCUT2D eigenvalue weighted by Gasteiger charge is 2.67. The predicted octanol–water partition coefficient (Wildman–Crippen LogP) is 3.61. The van der Waals surface area contributed by atoms with Crippen LogP contribution in [-0.2, 0) is 0 Å². The van der Waals surface area contributed by atoms with Crippen LogP contribution in [0.5, 0.6) is 0 Å². The van der Waals surface area contributed by atoms with Crippen molar-refractivity contribution in [3.63, 3.8) is 0 Å². The van der Waals surface area contributed by atoms with Crippen LogP contribution in [0.4, 0.5) is 0 Å². The average Bonchev–Trinajstić information content (AvgIpc) is 2.58. The van der Waals surface area contributed by atoms with Crippen LogP contribution in [0.25, 0.3) is 0 Å². The summed E-state index contributed by atoms with van der Waals surface area (Å²) >= 11 is 0. The molecular formula is C15H26O. The zero-order valence-electron chi connectivity index (χ0n) is 11.2. The third-order valence-electron chi connectivity index (χ3n) is 6.79. The van der Waals surface area contributed by atoms with Crippen LogP contribution in [0.15, 0.2) is 0 Å². The summed E-state index contributed by atoms with van der Waals surface area (Å²) in [4.78, 5) is 0. The minimum absolute atomic E-state index is 0.352. The first kappa shape index (κ1) is 11.1. The highest BCUT2D eigenvalue weighted by atomic mass is 16.3. The van der Waals surface area contributed by atoms with Gasteiger partial charge in [-0.05, 0) is 67.6 Å². The van der Waals surface area contributed by atoms with Crippen molar-refractivity contribution in [2.24, 2.45) is 28.6 Å². The number of rotatable bonds is 0. The van der Waals surface area contributed by atoms with Crippen LogP contribution in [0.1, 0.15) is 59.8 Å². The molecule has 0 aromatic carbocycles. The third-order valence-corrected chi connectivity index (χ3v) is 6.79. The smallest absolute Gasteiger partial charge is 0.0653 e. The summed E-state index contributed by atoms with van der Waals surface area (Å²) in [5.74, 6) is 2.29. The lowest BCUT2D eigenvalue weighted by Crippen LogP contribution is -2.44. The number of hydrogen-bond donors (Lipinski definition) is 1. The Balaban J connectivity index is 2.07. The van der Waals surface area contributed by atoms with Gasteiger partial charge in [-0.1, -0.05) is 20.8 Å². The van der Waals surface area contributed by atoms with E-state index in [1.807, 2.05) is 0 Å². The van der Waals surface area contributed by atoms with Crippen molar-refractivity contribution in [3.05, 3.63) is 0 Å². The highest BCUT2D eigenvalue weighted by molar-refractivity contribution is 5.16. The van der Waals surface area contributed by atoms with E-state index in [9.17, 15) is 5.11 Å². The molecule has 0 saturated heterocycles. The zero-order chi connectivity index (χ0) is 11.8. The maximum atomic E-state index is 10.6. The molecule has 0 aliphatic heterocycles. The molecule has 92 valence electrons. The van der Waals surface area contributed by atoms with E-state index in [2.05, 4.69) is 27.7 Å². The van der Waals surface area contributed by atoms with E-state index in [1.54, 1.807) is 0 Å². The Morgan fingerprint density at radius 1 is 1.00 bits per heavy atom. The lowest BCUT2D eigenvalue weighted by Gasteiger charge is -2.44. The van der Waals surface area contributed by atoms with Gasteiger partial charge in [0.2, 0.25) is 0 Å². The van der Waals surface area contributed by atoms with Gasteiger partial charge >= 0.3 is 0 Å². The van der Waals surface area contributed by atoms with Gasteiger partial charge in [0.25, 0.3) is 0 Å². The molecule has 3 aliphatic carbocycles. The molecular weight excluding hydrogens is 196 g/mol. The molecule has 1 nitrogen and oxygen atoms in total. The fourth-order valence-electron chi connectivity index (χ4n) is 5.88. The largest absolute Gasteiger partial charge is 0.390 e. The summed E-state index contributed by atoms with van der Waals surface area (Å²) in [5.41, 5.74) is 0.542. The number of aliphatic hydroxyl groups is 1. The average molecular weight is 222 g/mol. The van der Waals surface area contributed by atoms with Crippen LogP contribution in [0.2, 0.25) is 0 Å². The van der Waals surface area contributed by atoms with Crippen molar-refractivity contribution >= 4 is 0 Å². The second-order valence-corrected chi connectivity index (χ2v) is 7.70. The second-order valence-electron chi connectivity index (χ2n) is 7.70. The Bertz CT molecular complexity index is 313. The molecule has 3 aliphatic rings. The molecule has 0 amide bonds. The Morgan fingerprint density at radius 3 is 2.38 bits per heavy atom. The minimum Gasteiger partial charge on any atom is -0.390 e. The van der Waals surface area contributed by atoms with Gasteiger partial charge in [-0.3, -0.25) is 0 Å². The Hall–Kier alpha value is -0.0400. The van der Waals surface area contributed by atoms with Crippen molar-refractivity contribution in [1.82, 2.24) is 0 Å². The fourth-order valence-corrected chi connectivity index (χ4v) is 5.88. The van der Waals surface area contributed by atoms with E-state index in [0.29, 0.717) is 16.7 Å². The summed E-state index contributed by atoms with van der Waals surface area (Å²) in [5, 5.41) is 10.6. The van der Waals surface area contributed by atoms with E-state index < -0.39 is 5.60 Å². The van der Waals surface area contributed by atoms with Gasteiger partial charge in [0, 0.05) is 0 Å². The Labute approximate surface area is 99.6 Å². The van der Waals surface area contributed by atoms with Crippen LogP contribution in [0.3, 0.4) is 0 Å². The van der Waals surface area contributed by atoms with Crippen molar-refractivity contribution in [3.8, 4) is 0 Å². The van der Waals surface area contributed by atoms with Crippen molar-refractivity contribution in [2.45, 2.75) is 65.4 Å². The normalized spacial score (nSPS) is 58.7. The van der Waals surface area contributed by atoms with Crippen LogP contribution in [-0.4, -0.2) is 10.7 Å². The van der Waals surface area contributed by atoms with Gasteiger partial charge in [-0.2, -0.15) is 0 Å². The van der Waals surface area contributed by atoms with Gasteiger partial charge in [-0.15, -0.1) is 0 Å². The standard InChI is InChI=1S/C15H26O/c1-10-5-6-11-13(2,3)12-9-15(10,11)8-7-14(12,4)16/h10-12,16H,5-9H2,1-4H3/t10-,11?,12+,14-,15+/m1/s1. The maximum Gasteiger partial charge on any atom is 0.0653 e. The van der Waals surface area contributed by atoms with Gasteiger partial charge in [0.05, 0.1) is 5.60 Å². The quantitative estimate of drug-likeness (QED) is 0.664. The summed E-state index contributed by atoms with van der Waals surface area (Å²) in [6.07, 6.45) is 6.41. The molecule has 16 heavy (non-hydrogen) atoms. The van der Waals surface area contributed by atoms with E-state index in [1.165, 1.54) is 25.7 Å². The van der Waals surface area contributed by atoms with E-state index in [0.717, 1.165) is 18.3 Å². The Kier molecular flexibility index (Phi) is 1.98. The molecule has 0 aromatic rings. The van der Waals surface area contributed by atoms with E-state index in [-0.39, 0.29) is 0 Å². The molecule has 2 bridgehead atoms. The molecule has 1 spiro atoms. The molecule has 1 unspecified atom stereocenters. The summed E-state index contributed by atoms with van der Waals surface area (Å²) < 4.78 is 0. The first-order valence-corrected chi connectivity index (χ1v) is 7.03. The molecule has 0 radical (unpaired) electrons. The van der Waals surface area contributed by atoms with Gasteiger partial charge in [-0.25, -0.2) is 0 Å². The van der Waals surface area contributed by atoms with E-state index in [4.69, 9.17) is 0 Å². The lowest BCUT2D eigenvalue weighted by atomic mass is 9.64. The third kappa shape index (κ3) is 1.06. The lowest BCUT2D eigenvalue weighted by molar-refractivity contribution is -0.0717. The highest BCUT2D eigenvalue weighted by Crippen LogP contribution is 2.73. The van der Waals surface area contributed by atoms with Gasteiger partial charge < -0.3 is 5.11 Å². The second kappa shape index (κ2) is 2.85. The van der Waals surface area contributed by atoms with Gasteiger partial charge in [0.15, 0.2) is 0 Å². The summed E-state index contributed by atoms with van der Waals surface area (Å²) in [7, 11) is 0. The molecule has 3 rings (SSSR count). The first-order valence-electron chi connectivity index (χ1n) is 7.03. The van der Waals surface area contributed by atoms with Crippen molar-refractivity contribution in [2.75, 3.05) is 0 Å². The van der Waals surface area contributed by atoms with E-state index >= 15 is 0 Å². The topological polar surface area (TPSA) is 20.2 Å². The number of fused-ring (bicyclic) bond motifs is 1. The molecule has 0 aromatic heterocycles. The molecule has 3 fully saturated rings. The zero-order valence-corrected chi connectivity index (χ0v) is 11.2. The first-order chi connectivity index (χ1) is 7.31. The maximum absolute atomic E-state index is 10.6. The van der Waals surface area contributed by atoms with Crippen molar-refractivity contribution < 1.29 is 5.11 Å². The van der Waals surface area contributed by atoms with Crippen LogP contribution < -0.4 is 0 Å². The Morgan fingerprint density at radius 2 is 1.69 bits per heavy atom. The summed E-state index contributed by atoms with van der Waals surface area (Å²) in [6, 6.07) is 0. The molecule has 3 saturated carbocycles. The molecule has 5 atom stereocenters. The SMILES string of the molecule is C[C@@H]1CCC2C(C)(C)[C@@H]3C[C@]21CC[C@@]3(C)O. The predicted molar refractivity (Wildman–Crippen MR) is 66.1 cm³/mol. The monoisotopic (exact) mass is 222 g/mol. The molecule has 0 heterocycles.